The average molecular weight is 271 g/mol. The van der Waals surface area contributed by atoms with Crippen LogP contribution in [0.1, 0.15) is 46.5 Å². The number of fused-ring (bicyclic) bond motifs is 1. The summed E-state index contributed by atoms with van der Waals surface area (Å²) in [5, 5.41) is 9.37. The van der Waals surface area contributed by atoms with Gasteiger partial charge in [-0.3, -0.25) is 4.79 Å². The maximum Gasteiger partial charge on any atom is 0.327 e. The molecule has 102 valence electrons. The quantitative estimate of drug-likeness (QED) is 0.616. The van der Waals surface area contributed by atoms with Crippen LogP contribution >= 0.6 is 11.8 Å². The maximum absolute atomic E-state index is 12.1. The average Bonchev–Trinajstić information content (AvgIpc) is 2.53. The number of unbranched alkanes of at least 4 members (excludes halogenated alkanes) is 2. The molecule has 0 aromatic carbocycles. The fraction of sp³-hybridized carbons (Fsp3) is 0.846. The fourth-order valence-electron chi connectivity index (χ4n) is 2.97. The van der Waals surface area contributed by atoms with Crippen LogP contribution in [0.3, 0.4) is 0 Å². The van der Waals surface area contributed by atoms with Gasteiger partial charge in [0.25, 0.3) is 0 Å². The lowest BCUT2D eigenvalue weighted by Crippen LogP contribution is -2.62. The fourth-order valence-corrected chi connectivity index (χ4v) is 4.69. The number of rotatable bonds is 5. The van der Waals surface area contributed by atoms with Gasteiger partial charge in [-0.05, 0) is 20.3 Å². The Hall–Kier alpha value is -0.710. The van der Waals surface area contributed by atoms with Crippen LogP contribution in [0.25, 0.3) is 0 Å². The van der Waals surface area contributed by atoms with Crippen molar-refractivity contribution in [3.8, 4) is 0 Å². The van der Waals surface area contributed by atoms with Crippen molar-refractivity contribution in [3.05, 3.63) is 0 Å². The second-order valence-corrected chi connectivity index (χ2v) is 7.47. The normalized spacial score (nSPS) is 33.2. The van der Waals surface area contributed by atoms with Gasteiger partial charge in [0.1, 0.15) is 6.04 Å². The van der Waals surface area contributed by atoms with Crippen molar-refractivity contribution in [1.29, 1.82) is 0 Å². The molecule has 0 aromatic rings. The van der Waals surface area contributed by atoms with Gasteiger partial charge in [-0.15, -0.1) is 11.8 Å². The molecule has 2 aliphatic heterocycles. The summed E-state index contributed by atoms with van der Waals surface area (Å²) in [7, 11) is 0. The molecule has 0 radical (unpaired) electrons. The zero-order valence-corrected chi connectivity index (χ0v) is 12.0. The summed E-state index contributed by atoms with van der Waals surface area (Å²) in [6.45, 7) is 5.99. The first-order chi connectivity index (χ1) is 8.40. The van der Waals surface area contributed by atoms with Crippen molar-refractivity contribution in [3.63, 3.8) is 0 Å². The van der Waals surface area contributed by atoms with Gasteiger partial charge in [-0.1, -0.05) is 26.2 Å². The highest BCUT2D eigenvalue weighted by Gasteiger charge is 2.63. The number of aliphatic carboxylic acids is 1. The molecule has 4 nitrogen and oxygen atoms in total. The lowest BCUT2D eigenvalue weighted by Gasteiger charge is -2.43. The van der Waals surface area contributed by atoms with E-state index in [1.54, 1.807) is 16.7 Å². The van der Waals surface area contributed by atoms with E-state index in [-0.39, 0.29) is 21.9 Å². The molecule has 2 saturated heterocycles. The summed E-state index contributed by atoms with van der Waals surface area (Å²) in [4.78, 5) is 25.0. The molecule has 2 aliphatic rings. The predicted molar refractivity (Wildman–Crippen MR) is 71.4 cm³/mol. The molecule has 2 heterocycles. The Morgan fingerprint density at radius 3 is 2.67 bits per heavy atom. The highest BCUT2D eigenvalue weighted by atomic mass is 32.2. The lowest BCUT2D eigenvalue weighted by molar-refractivity contribution is -0.163. The third-order valence-corrected chi connectivity index (χ3v) is 5.53. The standard InChI is InChI=1S/C13H21NO3S/c1-4-5-6-7-8-10(15)14-9(12(16)17)13(2,3)18-11(8)14/h8-9,11H,4-7H2,1-3H3,(H,16,17)/t8-,9+,11-/m1/s1. The molecule has 2 rings (SSSR count). The minimum absolute atomic E-state index is 0.0431. The van der Waals surface area contributed by atoms with E-state index in [1.165, 1.54) is 0 Å². The van der Waals surface area contributed by atoms with Crippen molar-refractivity contribution >= 4 is 23.6 Å². The number of hydrogen-bond donors (Lipinski definition) is 1. The van der Waals surface area contributed by atoms with E-state index in [1.807, 2.05) is 13.8 Å². The molecule has 1 amide bonds. The van der Waals surface area contributed by atoms with Gasteiger partial charge in [0, 0.05) is 4.75 Å². The summed E-state index contributed by atoms with van der Waals surface area (Å²) in [5.41, 5.74) is 0. The van der Waals surface area contributed by atoms with E-state index >= 15 is 0 Å². The van der Waals surface area contributed by atoms with E-state index in [0.29, 0.717) is 0 Å². The summed E-state index contributed by atoms with van der Waals surface area (Å²) < 4.78 is -0.383. The first-order valence-corrected chi connectivity index (χ1v) is 7.51. The van der Waals surface area contributed by atoms with Crippen molar-refractivity contribution in [1.82, 2.24) is 4.90 Å². The number of β-lactam (4-membered cyclic amide) rings is 1. The Morgan fingerprint density at radius 2 is 2.11 bits per heavy atom. The molecule has 18 heavy (non-hydrogen) atoms. The zero-order valence-electron chi connectivity index (χ0n) is 11.2. The molecular formula is C13H21NO3S. The van der Waals surface area contributed by atoms with Gasteiger partial charge in [0.05, 0.1) is 11.3 Å². The third kappa shape index (κ3) is 2.02. The van der Waals surface area contributed by atoms with Gasteiger partial charge in [-0.2, -0.15) is 0 Å². The summed E-state index contributed by atoms with van der Waals surface area (Å²) in [5.74, 6) is -0.790. The molecule has 0 aliphatic carbocycles. The molecule has 0 bridgehead atoms. The van der Waals surface area contributed by atoms with E-state index in [4.69, 9.17) is 0 Å². The lowest BCUT2D eigenvalue weighted by atomic mass is 9.88. The second kappa shape index (κ2) is 4.76. The number of hydrogen-bond acceptors (Lipinski definition) is 3. The first-order valence-electron chi connectivity index (χ1n) is 6.63. The summed E-state index contributed by atoms with van der Waals surface area (Å²) in [6, 6.07) is -0.664. The Labute approximate surface area is 112 Å². The van der Waals surface area contributed by atoms with Crippen molar-refractivity contribution < 1.29 is 14.7 Å². The van der Waals surface area contributed by atoms with Crippen LogP contribution < -0.4 is 0 Å². The van der Waals surface area contributed by atoms with E-state index in [0.717, 1.165) is 25.7 Å². The molecule has 0 aromatic heterocycles. The third-order valence-electron chi connectivity index (χ3n) is 3.90. The predicted octanol–water partition coefficient (Wildman–Crippen LogP) is 2.33. The number of carboxylic acids is 1. The first kappa shape index (κ1) is 13.7. The molecule has 0 unspecified atom stereocenters. The number of carbonyl (C=O) groups excluding carboxylic acids is 1. The smallest absolute Gasteiger partial charge is 0.327 e. The van der Waals surface area contributed by atoms with Crippen molar-refractivity contribution in [2.24, 2.45) is 5.92 Å². The van der Waals surface area contributed by atoms with Crippen LogP contribution in [0.5, 0.6) is 0 Å². The highest BCUT2D eigenvalue weighted by molar-refractivity contribution is 8.01. The number of thioether (sulfide) groups is 1. The Bertz CT molecular complexity index is 369. The monoisotopic (exact) mass is 271 g/mol. The van der Waals surface area contributed by atoms with Crippen LogP contribution in [-0.4, -0.2) is 38.0 Å². The van der Waals surface area contributed by atoms with Gasteiger partial charge in [0.15, 0.2) is 0 Å². The maximum atomic E-state index is 12.1. The topological polar surface area (TPSA) is 57.6 Å². The van der Waals surface area contributed by atoms with Crippen LogP contribution in [-0.2, 0) is 9.59 Å². The number of nitrogens with zero attached hydrogens (tertiary/aromatic N) is 1. The summed E-state index contributed by atoms with van der Waals surface area (Å²) in [6.07, 6.45) is 4.26. The summed E-state index contributed by atoms with van der Waals surface area (Å²) >= 11 is 1.65. The van der Waals surface area contributed by atoms with Crippen LogP contribution in [0.4, 0.5) is 0 Å². The van der Waals surface area contributed by atoms with Crippen molar-refractivity contribution in [2.45, 2.75) is 62.6 Å². The highest BCUT2D eigenvalue weighted by Crippen LogP contribution is 2.54. The minimum atomic E-state index is -0.879. The molecule has 5 heteroatoms. The molecule has 0 spiro atoms. The molecule has 0 saturated carbocycles. The number of carboxylic acid groups (broad SMARTS) is 1. The van der Waals surface area contributed by atoms with Crippen LogP contribution in [0.2, 0.25) is 0 Å². The van der Waals surface area contributed by atoms with Crippen LogP contribution in [0, 0.1) is 5.92 Å². The van der Waals surface area contributed by atoms with E-state index in [9.17, 15) is 14.7 Å². The Kier molecular flexibility index (Phi) is 3.63. The van der Waals surface area contributed by atoms with E-state index in [2.05, 4.69) is 6.92 Å². The SMILES string of the molecule is CCCCC[C@@H]1C(=O)N2[C@@H]1SC(C)(C)[C@@H]2C(=O)O. The Balaban J connectivity index is 2.05. The second-order valence-electron chi connectivity index (χ2n) is 5.70. The molecule has 1 N–H and O–H groups in total. The van der Waals surface area contributed by atoms with Crippen molar-refractivity contribution in [2.75, 3.05) is 0 Å². The molecule has 2 fully saturated rings. The number of carbonyl (C=O) groups is 2. The van der Waals surface area contributed by atoms with Gasteiger partial charge < -0.3 is 10.0 Å². The molecule has 3 atom stereocenters. The minimum Gasteiger partial charge on any atom is -0.480 e. The largest absolute Gasteiger partial charge is 0.480 e. The van der Waals surface area contributed by atoms with Gasteiger partial charge in [-0.25, -0.2) is 4.79 Å². The Morgan fingerprint density at radius 1 is 1.44 bits per heavy atom. The van der Waals surface area contributed by atoms with Gasteiger partial charge in [0.2, 0.25) is 5.91 Å². The van der Waals surface area contributed by atoms with E-state index < -0.39 is 12.0 Å². The molecular weight excluding hydrogens is 250 g/mol. The zero-order chi connectivity index (χ0) is 13.5. The van der Waals surface area contributed by atoms with Crippen LogP contribution in [0.15, 0.2) is 0 Å². The van der Waals surface area contributed by atoms with Gasteiger partial charge >= 0.3 is 5.97 Å². The number of amides is 1.